The van der Waals surface area contributed by atoms with Crippen molar-refractivity contribution >= 4 is 27.0 Å². The fourth-order valence-corrected chi connectivity index (χ4v) is 1.68. The summed E-state index contributed by atoms with van der Waals surface area (Å²) in [5, 5.41) is 3.22. The van der Waals surface area contributed by atoms with Gasteiger partial charge in [0.05, 0.1) is 22.8 Å². The van der Waals surface area contributed by atoms with Crippen LogP contribution in [0.5, 0.6) is 0 Å². The van der Waals surface area contributed by atoms with Crippen LogP contribution < -0.4 is 5.32 Å². The van der Waals surface area contributed by atoms with Crippen molar-refractivity contribution in [2.24, 2.45) is 7.05 Å². The zero-order chi connectivity index (χ0) is 9.97. The van der Waals surface area contributed by atoms with Gasteiger partial charge in [-0.1, -0.05) is 22.0 Å². The van der Waals surface area contributed by atoms with Gasteiger partial charge in [-0.15, -0.1) is 0 Å². The van der Waals surface area contributed by atoms with Crippen molar-refractivity contribution < 1.29 is 0 Å². The summed E-state index contributed by atoms with van der Waals surface area (Å²) in [6.45, 7) is 0.873. The maximum Gasteiger partial charge on any atom is 0.0955 e. The van der Waals surface area contributed by atoms with Gasteiger partial charge in [0.15, 0.2) is 0 Å². The van der Waals surface area contributed by atoms with Crippen LogP contribution in [0.3, 0.4) is 0 Å². The van der Waals surface area contributed by atoms with E-state index in [2.05, 4.69) is 44.4 Å². The quantitative estimate of drug-likeness (QED) is 0.670. The van der Waals surface area contributed by atoms with Gasteiger partial charge in [-0.2, -0.15) is 0 Å². The Hall–Kier alpha value is -0.870. The van der Waals surface area contributed by atoms with Gasteiger partial charge in [-0.25, -0.2) is 4.98 Å². The van der Waals surface area contributed by atoms with Crippen molar-refractivity contribution in [2.75, 3.05) is 5.45 Å². The summed E-state index contributed by atoms with van der Waals surface area (Å²) in [5.74, 6) is 0. The lowest BCUT2D eigenvalue weighted by Gasteiger charge is -2.01. The number of nitrogens with one attached hydrogen (secondary N) is 1. The summed E-state index contributed by atoms with van der Waals surface area (Å²) >= 11 is 3.33. The number of aryl methyl sites for hydroxylation is 1. The zero-order valence-corrected chi connectivity index (χ0v) is 9.58. The third kappa shape index (κ3) is 1.81. The molecule has 74 valence electrons. The normalized spacial score (nSPS) is 11.0. The number of hydrogen-bond donors (Lipinski definition) is 1. The molecule has 0 amide bonds. The van der Waals surface area contributed by atoms with Gasteiger partial charge < -0.3 is 9.88 Å². The van der Waals surface area contributed by atoms with Crippen LogP contribution in [-0.2, 0) is 13.6 Å². The van der Waals surface area contributed by atoms with E-state index in [0.717, 1.165) is 17.5 Å². The second kappa shape index (κ2) is 4.11. The molecule has 3 nitrogen and oxygen atoms in total. The van der Waals surface area contributed by atoms with E-state index in [1.54, 1.807) is 0 Å². The largest absolute Gasteiger partial charge is 0.334 e. The molecule has 0 aliphatic rings. The lowest BCUT2D eigenvalue weighted by atomic mass is 10.2. The molecule has 1 N–H and O–H groups in total. The Labute approximate surface area is 91.3 Å². The molecular weight excluding hydrogens is 242 g/mol. The van der Waals surface area contributed by atoms with Gasteiger partial charge in [-0.3, -0.25) is 0 Å². The standard InChI is InChI=1S/C10H12BrN3/c1-14-7-13-9-4-8(5-12-6-11)2-3-10(9)14/h2-4,7,12H,5-6H2,1H3. The lowest BCUT2D eigenvalue weighted by molar-refractivity contribution is 0.803. The van der Waals surface area contributed by atoms with Crippen molar-refractivity contribution in [3.63, 3.8) is 0 Å². The Balaban J connectivity index is 2.32. The van der Waals surface area contributed by atoms with Crippen LogP contribution in [0.2, 0.25) is 0 Å². The van der Waals surface area contributed by atoms with E-state index in [4.69, 9.17) is 0 Å². The monoisotopic (exact) mass is 253 g/mol. The van der Waals surface area contributed by atoms with Crippen molar-refractivity contribution in [2.45, 2.75) is 6.54 Å². The summed E-state index contributed by atoms with van der Waals surface area (Å²) in [5.41, 5.74) is 4.30. The van der Waals surface area contributed by atoms with Crippen LogP contribution in [0.1, 0.15) is 5.56 Å². The SMILES string of the molecule is Cn1cnc2cc(CNCBr)ccc21. The van der Waals surface area contributed by atoms with Crippen LogP contribution in [0.4, 0.5) is 0 Å². The van der Waals surface area contributed by atoms with Gasteiger partial charge in [0, 0.05) is 13.6 Å². The maximum atomic E-state index is 4.31. The summed E-state index contributed by atoms with van der Waals surface area (Å²) in [6.07, 6.45) is 1.84. The summed E-state index contributed by atoms with van der Waals surface area (Å²) in [6, 6.07) is 6.35. The predicted octanol–water partition coefficient (Wildman–Crippen LogP) is 2.02. The Morgan fingerprint density at radius 2 is 2.36 bits per heavy atom. The van der Waals surface area contributed by atoms with E-state index < -0.39 is 0 Å². The van der Waals surface area contributed by atoms with Gasteiger partial charge in [0.25, 0.3) is 0 Å². The molecule has 0 spiro atoms. The number of imidazole rings is 1. The molecule has 4 heteroatoms. The van der Waals surface area contributed by atoms with Gasteiger partial charge >= 0.3 is 0 Å². The molecule has 0 saturated carbocycles. The van der Waals surface area contributed by atoms with E-state index in [9.17, 15) is 0 Å². The second-order valence-electron chi connectivity index (χ2n) is 3.24. The summed E-state index contributed by atoms with van der Waals surface area (Å²) in [7, 11) is 2.01. The number of nitrogens with zero attached hydrogens (tertiary/aromatic N) is 2. The molecule has 1 aromatic heterocycles. The molecule has 2 rings (SSSR count). The van der Waals surface area contributed by atoms with Crippen LogP contribution >= 0.6 is 15.9 Å². The molecule has 14 heavy (non-hydrogen) atoms. The van der Waals surface area contributed by atoms with E-state index in [0.29, 0.717) is 0 Å². The number of fused-ring (bicyclic) bond motifs is 1. The zero-order valence-electron chi connectivity index (χ0n) is 8.00. The van der Waals surface area contributed by atoms with Crippen LogP contribution in [-0.4, -0.2) is 15.0 Å². The summed E-state index contributed by atoms with van der Waals surface area (Å²) < 4.78 is 2.02. The molecule has 0 bridgehead atoms. The van der Waals surface area contributed by atoms with Gasteiger partial charge in [0.1, 0.15) is 0 Å². The van der Waals surface area contributed by atoms with Gasteiger partial charge in [-0.05, 0) is 17.7 Å². The lowest BCUT2D eigenvalue weighted by Crippen LogP contribution is -2.09. The molecule has 1 aromatic carbocycles. The Kier molecular flexibility index (Phi) is 2.84. The molecule has 0 aliphatic carbocycles. The van der Waals surface area contributed by atoms with Crippen LogP contribution in [0.15, 0.2) is 24.5 Å². The predicted molar refractivity (Wildman–Crippen MR) is 61.3 cm³/mol. The summed E-state index contributed by atoms with van der Waals surface area (Å²) in [4.78, 5) is 4.31. The number of benzene rings is 1. The number of aromatic nitrogens is 2. The van der Waals surface area contributed by atoms with E-state index in [-0.39, 0.29) is 0 Å². The third-order valence-corrected chi connectivity index (χ3v) is 2.61. The average molecular weight is 254 g/mol. The Bertz CT molecular complexity index is 436. The van der Waals surface area contributed by atoms with E-state index in [1.165, 1.54) is 11.1 Å². The minimum absolute atomic E-state index is 0.813. The highest BCUT2D eigenvalue weighted by Crippen LogP contribution is 2.13. The highest BCUT2D eigenvalue weighted by molar-refractivity contribution is 9.09. The highest BCUT2D eigenvalue weighted by atomic mass is 79.9. The molecule has 0 radical (unpaired) electrons. The van der Waals surface area contributed by atoms with E-state index >= 15 is 0 Å². The van der Waals surface area contributed by atoms with Crippen LogP contribution in [0.25, 0.3) is 11.0 Å². The number of halogens is 1. The topological polar surface area (TPSA) is 29.9 Å². The Morgan fingerprint density at radius 3 is 3.14 bits per heavy atom. The molecule has 2 aromatic rings. The smallest absolute Gasteiger partial charge is 0.0955 e. The number of rotatable bonds is 3. The fourth-order valence-electron chi connectivity index (χ4n) is 1.48. The molecule has 0 atom stereocenters. The van der Waals surface area contributed by atoms with Crippen molar-refractivity contribution in [1.82, 2.24) is 14.9 Å². The first-order valence-corrected chi connectivity index (χ1v) is 5.60. The fraction of sp³-hybridized carbons (Fsp3) is 0.300. The minimum Gasteiger partial charge on any atom is -0.334 e. The van der Waals surface area contributed by atoms with Crippen molar-refractivity contribution in [1.29, 1.82) is 0 Å². The number of hydrogen-bond acceptors (Lipinski definition) is 2. The molecule has 0 fully saturated rings. The van der Waals surface area contributed by atoms with Crippen LogP contribution in [0, 0.1) is 0 Å². The first-order chi connectivity index (χ1) is 6.81. The maximum absolute atomic E-state index is 4.31. The molecule has 0 unspecified atom stereocenters. The van der Waals surface area contributed by atoms with Gasteiger partial charge in [0.2, 0.25) is 0 Å². The first-order valence-electron chi connectivity index (χ1n) is 4.48. The van der Waals surface area contributed by atoms with E-state index in [1.807, 2.05) is 17.9 Å². The molecule has 0 aliphatic heterocycles. The Morgan fingerprint density at radius 1 is 1.50 bits per heavy atom. The average Bonchev–Trinajstić information content (AvgIpc) is 2.57. The first kappa shape index (κ1) is 9.68. The second-order valence-corrected chi connectivity index (χ2v) is 3.80. The van der Waals surface area contributed by atoms with Crippen molar-refractivity contribution in [3.8, 4) is 0 Å². The highest BCUT2D eigenvalue weighted by Gasteiger charge is 2.00. The number of alkyl halides is 1. The molecule has 1 heterocycles. The molecule has 0 saturated heterocycles. The molecular formula is C10H12BrN3. The third-order valence-electron chi connectivity index (χ3n) is 2.21. The minimum atomic E-state index is 0.813. The van der Waals surface area contributed by atoms with Crippen molar-refractivity contribution in [3.05, 3.63) is 30.1 Å².